The van der Waals surface area contributed by atoms with Crippen LogP contribution >= 0.6 is 46.6 Å². The summed E-state index contributed by atoms with van der Waals surface area (Å²) in [4.78, 5) is 4.07. The van der Waals surface area contributed by atoms with Crippen LogP contribution in [0, 0.1) is 0 Å². The average Bonchev–Trinajstić information content (AvgIpc) is 2.40. The Labute approximate surface area is 130 Å². The predicted octanol–water partition coefficient (Wildman–Crippen LogP) is 5.95. The SMILES string of the molecule is Clc1ccc([N+](Cl)=C=Nc2ccc(Cl)c(Cl)c2)cc1. The van der Waals surface area contributed by atoms with E-state index in [0.29, 0.717) is 26.4 Å². The fourth-order valence-electron chi connectivity index (χ4n) is 1.29. The minimum absolute atomic E-state index is 0.428. The quantitative estimate of drug-likeness (QED) is 0.477. The lowest BCUT2D eigenvalue weighted by Gasteiger charge is -1.92. The summed E-state index contributed by atoms with van der Waals surface area (Å²) in [6.45, 7) is 0. The van der Waals surface area contributed by atoms with E-state index in [4.69, 9.17) is 46.6 Å². The van der Waals surface area contributed by atoms with Gasteiger partial charge in [0.15, 0.2) is 23.2 Å². The van der Waals surface area contributed by atoms with Gasteiger partial charge in [-0.15, -0.1) is 0 Å². The standard InChI is InChI=1S/C13H7Cl4N2/c14-9-1-4-11(5-2-9)19(17)8-18-10-3-6-12(15)13(16)7-10/h1-7H/q+1. The molecule has 19 heavy (non-hydrogen) atoms. The summed E-state index contributed by atoms with van der Waals surface area (Å²) in [6, 6.07) is 14.6. The van der Waals surface area contributed by atoms with Crippen LogP contribution in [0.1, 0.15) is 0 Å². The third kappa shape index (κ3) is 3.97. The molecule has 0 atom stereocenters. The summed E-state index contributed by atoms with van der Waals surface area (Å²) in [5.74, 6) is 0. The molecular weight excluding hydrogens is 326 g/mol. The highest BCUT2D eigenvalue weighted by atomic mass is 35.5. The molecule has 2 nitrogen and oxygen atoms in total. The van der Waals surface area contributed by atoms with Crippen LogP contribution in [-0.2, 0) is 0 Å². The minimum atomic E-state index is 0.428. The summed E-state index contributed by atoms with van der Waals surface area (Å²) in [5.41, 5.74) is 1.31. The van der Waals surface area contributed by atoms with Gasteiger partial charge in [0.2, 0.25) is 0 Å². The second-order valence-corrected chi connectivity index (χ2v) is 5.16. The second-order valence-electron chi connectivity index (χ2n) is 3.57. The third-order valence-corrected chi connectivity index (χ3v) is 3.49. The fraction of sp³-hybridized carbons (Fsp3) is 0. The van der Waals surface area contributed by atoms with Gasteiger partial charge in [-0.1, -0.05) is 38.9 Å². The molecule has 96 valence electrons. The monoisotopic (exact) mass is 331 g/mol. The van der Waals surface area contributed by atoms with Gasteiger partial charge in [-0.05, 0) is 36.4 Å². The van der Waals surface area contributed by atoms with E-state index in [9.17, 15) is 0 Å². The maximum absolute atomic E-state index is 6.01. The van der Waals surface area contributed by atoms with Crippen molar-refractivity contribution >= 4 is 64.0 Å². The lowest BCUT2D eigenvalue weighted by Crippen LogP contribution is -1.86. The smallest absolute Gasteiger partial charge is 0.0843 e. The summed E-state index contributed by atoms with van der Waals surface area (Å²) < 4.78 is 1.23. The molecular formula is C13H7Cl4N2+. The van der Waals surface area contributed by atoms with Gasteiger partial charge < -0.3 is 0 Å². The molecule has 2 aromatic rings. The van der Waals surface area contributed by atoms with Crippen LogP contribution in [0.2, 0.25) is 15.1 Å². The van der Waals surface area contributed by atoms with Gasteiger partial charge in [-0.3, -0.25) is 0 Å². The number of rotatable bonds is 2. The van der Waals surface area contributed by atoms with Gasteiger partial charge in [0.1, 0.15) is 0 Å². The molecule has 0 N–H and O–H groups in total. The van der Waals surface area contributed by atoms with E-state index < -0.39 is 0 Å². The zero-order valence-electron chi connectivity index (χ0n) is 9.45. The number of nitrogens with zero attached hydrogens (tertiary/aromatic N) is 2. The molecule has 0 unspecified atom stereocenters. The van der Waals surface area contributed by atoms with Crippen molar-refractivity contribution in [2.45, 2.75) is 0 Å². The maximum Gasteiger partial charge on any atom is 0.338 e. The number of aliphatic imine (C=N–C) groups is 1. The van der Waals surface area contributed by atoms with Gasteiger partial charge in [0.25, 0.3) is 0 Å². The predicted molar refractivity (Wildman–Crippen MR) is 80.8 cm³/mol. The minimum Gasteiger partial charge on any atom is -0.0843 e. The Bertz CT molecular complexity index is 659. The van der Waals surface area contributed by atoms with Gasteiger partial charge in [-0.25, -0.2) is 0 Å². The van der Waals surface area contributed by atoms with E-state index in [1.54, 1.807) is 42.5 Å². The molecule has 2 rings (SSSR count). The molecule has 0 aliphatic rings. The van der Waals surface area contributed by atoms with Crippen LogP contribution in [0.4, 0.5) is 11.4 Å². The molecule has 0 aliphatic heterocycles. The van der Waals surface area contributed by atoms with Gasteiger partial charge in [-0.2, -0.15) is 0 Å². The van der Waals surface area contributed by atoms with Crippen molar-refractivity contribution < 1.29 is 4.09 Å². The fourth-order valence-corrected chi connectivity index (χ4v) is 1.85. The number of hydrogen-bond donors (Lipinski definition) is 0. The highest BCUT2D eigenvalue weighted by Crippen LogP contribution is 2.26. The third-order valence-electron chi connectivity index (χ3n) is 2.22. The summed E-state index contributed by atoms with van der Waals surface area (Å²) in [7, 11) is 0. The van der Waals surface area contributed by atoms with Crippen molar-refractivity contribution in [1.29, 1.82) is 0 Å². The largest absolute Gasteiger partial charge is 0.338 e. The summed E-state index contributed by atoms with van der Waals surface area (Å²) in [5, 5.41) is 1.54. The van der Waals surface area contributed by atoms with Crippen molar-refractivity contribution in [2.24, 2.45) is 4.99 Å². The van der Waals surface area contributed by atoms with Crippen LogP contribution < -0.4 is 0 Å². The van der Waals surface area contributed by atoms with E-state index in [-0.39, 0.29) is 0 Å². The van der Waals surface area contributed by atoms with Crippen molar-refractivity contribution in [2.75, 3.05) is 0 Å². The Kier molecular flexibility index (Phi) is 4.87. The summed E-state index contributed by atoms with van der Waals surface area (Å²) in [6.07, 6.45) is 0. The molecule has 0 heterocycles. The first-order valence-corrected chi connectivity index (χ1v) is 6.66. The zero-order valence-corrected chi connectivity index (χ0v) is 12.5. The molecule has 0 spiro atoms. The lowest BCUT2D eigenvalue weighted by molar-refractivity contribution is -0.256. The van der Waals surface area contributed by atoms with Gasteiger partial charge in [0.05, 0.1) is 10.0 Å². The highest BCUT2D eigenvalue weighted by Gasteiger charge is 2.04. The van der Waals surface area contributed by atoms with Gasteiger partial charge >= 0.3 is 6.01 Å². The molecule has 6 heteroatoms. The topological polar surface area (TPSA) is 15.4 Å². The van der Waals surface area contributed by atoms with E-state index in [1.165, 1.54) is 4.09 Å². The van der Waals surface area contributed by atoms with Gasteiger partial charge in [0, 0.05) is 16.1 Å². The van der Waals surface area contributed by atoms with Crippen LogP contribution in [-0.4, -0.2) is 10.1 Å². The van der Waals surface area contributed by atoms with E-state index in [0.717, 1.165) is 0 Å². The molecule has 0 aliphatic carbocycles. The van der Waals surface area contributed by atoms with Crippen molar-refractivity contribution in [3.05, 3.63) is 57.5 Å². The van der Waals surface area contributed by atoms with E-state index in [2.05, 4.69) is 11.0 Å². The number of halogens is 4. The van der Waals surface area contributed by atoms with Crippen LogP contribution in [0.3, 0.4) is 0 Å². The molecule has 2 aromatic carbocycles. The molecule has 0 aromatic heterocycles. The zero-order chi connectivity index (χ0) is 13.8. The Morgan fingerprint density at radius 3 is 2.21 bits per heavy atom. The number of hydrogen-bond acceptors (Lipinski definition) is 1. The van der Waals surface area contributed by atoms with Crippen LogP contribution in [0.15, 0.2) is 47.5 Å². The first-order valence-electron chi connectivity index (χ1n) is 5.19. The average molecular weight is 333 g/mol. The summed E-state index contributed by atoms with van der Waals surface area (Å²) >= 11 is 23.5. The number of benzene rings is 2. The van der Waals surface area contributed by atoms with Crippen molar-refractivity contribution in [3.8, 4) is 0 Å². The maximum atomic E-state index is 6.01. The molecule has 0 bridgehead atoms. The lowest BCUT2D eigenvalue weighted by atomic mass is 10.3. The second kappa shape index (κ2) is 6.42. The Morgan fingerprint density at radius 2 is 1.58 bits per heavy atom. The molecule has 0 radical (unpaired) electrons. The highest BCUT2D eigenvalue weighted by molar-refractivity contribution is 6.42. The van der Waals surface area contributed by atoms with Crippen molar-refractivity contribution in [3.63, 3.8) is 0 Å². The van der Waals surface area contributed by atoms with Crippen LogP contribution in [0.5, 0.6) is 0 Å². The Morgan fingerprint density at radius 1 is 0.895 bits per heavy atom. The molecule has 0 saturated carbocycles. The van der Waals surface area contributed by atoms with E-state index in [1.807, 2.05) is 0 Å². The Hall–Kier alpha value is -1.02. The molecule has 0 fully saturated rings. The first-order chi connectivity index (χ1) is 9.06. The first kappa shape index (κ1) is 14.4. The van der Waals surface area contributed by atoms with Crippen LogP contribution in [0.25, 0.3) is 0 Å². The Balaban J connectivity index is 2.31. The molecule has 0 amide bonds. The van der Waals surface area contributed by atoms with Crippen molar-refractivity contribution in [1.82, 2.24) is 0 Å². The normalized spacial score (nSPS) is 9.89. The van der Waals surface area contributed by atoms with E-state index >= 15 is 0 Å². The molecule has 0 saturated heterocycles.